The molecule has 0 radical (unpaired) electrons. The Labute approximate surface area is 145 Å². The van der Waals surface area contributed by atoms with Gasteiger partial charge in [0.25, 0.3) is 0 Å². The van der Waals surface area contributed by atoms with Gasteiger partial charge >= 0.3 is 6.18 Å². The molecule has 2 unspecified atom stereocenters. The van der Waals surface area contributed by atoms with Crippen molar-refractivity contribution >= 4 is 11.7 Å². The predicted octanol–water partition coefficient (Wildman–Crippen LogP) is 0.581. The van der Waals surface area contributed by atoms with Crippen LogP contribution in [0.4, 0.5) is 13.2 Å². The molecule has 0 aromatic carbocycles. The Morgan fingerprint density at radius 2 is 1.76 bits per heavy atom. The lowest BCUT2D eigenvalue weighted by molar-refractivity contribution is -0.215. The van der Waals surface area contributed by atoms with Crippen LogP contribution in [0, 0.1) is 17.8 Å². The van der Waals surface area contributed by atoms with Crippen molar-refractivity contribution < 1.29 is 27.9 Å². The molecular weight excluding hydrogens is 339 g/mol. The third kappa shape index (κ3) is 5.39. The Morgan fingerprint density at radius 3 is 2.20 bits per heavy atom. The van der Waals surface area contributed by atoms with Crippen molar-refractivity contribution in [2.24, 2.45) is 23.5 Å². The van der Waals surface area contributed by atoms with Crippen LogP contribution in [0.2, 0.25) is 0 Å². The van der Waals surface area contributed by atoms with E-state index >= 15 is 0 Å². The largest absolute Gasteiger partial charge is 0.416 e. The van der Waals surface area contributed by atoms with Crippen molar-refractivity contribution in [3.05, 3.63) is 0 Å². The first kappa shape index (κ1) is 21.9. The van der Waals surface area contributed by atoms with Gasteiger partial charge in [-0.25, -0.2) is 0 Å². The van der Waals surface area contributed by atoms with Gasteiger partial charge in [0.2, 0.25) is 5.91 Å². The summed E-state index contributed by atoms with van der Waals surface area (Å²) in [5.41, 5.74) is 5.86. The number of nitrogens with one attached hydrogen (secondary N) is 2. The highest BCUT2D eigenvalue weighted by Gasteiger charge is 2.47. The molecule has 5 atom stereocenters. The van der Waals surface area contributed by atoms with Gasteiger partial charge in [-0.1, -0.05) is 27.7 Å². The number of rotatable bonds is 7. The van der Waals surface area contributed by atoms with Crippen LogP contribution in [0.15, 0.2) is 0 Å². The van der Waals surface area contributed by atoms with Crippen LogP contribution in [0.25, 0.3) is 0 Å². The lowest BCUT2D eigenvalue weighted by Gasteiger charge is -2.31. The average Bonchev–Trinajstić information content (AvgIpc) is 2.98. The molecule has 0 aliphatic carbocycles. The van der Waals surface area contributed by atoms with Crippen LogP contribution in [0.5, 0.6) is 0 Å². The number of Topliss-reactive ketones (excluding diaryl/α,β-unsaturated/α-hetero) is 1. The Morgan fingerprint density at radius 1 is 1.20 bits per heavy atom. The van der Waals surface area contributed by atoms with E-state index in [0.717, 1.165) is 0 Å². The van der Waals surface area contributed by atoms with Gasteiger partial charge in [-0.3, -0.25) is 9.59 Å². The lowest BCUT2D eigenvalue weighted by Crippen LogP contribution is -2.57. The summed E-state index contributed by atoms with van der Waals surface area (Å²) in [6, 6.07) is -3.18. The molecule has 1 heterocycles. The molecule has 0 aromatic heterocycles. The van der Waals surface area contributed by atoms with Crippen LogP contribution in [0.3, 0.4) is 0 Å². The number of hydrogen-bond acceptors (Lipinski definition) is 5. The minimum Gasteiger partial charge on any atom is -0.382 e. The summed E-state index contributed by atoms with van der Waals surface area (Å²) < 4.78 is 38.4. The normalized spacial score (nSPS) is 25.1. The first-order valence-electron chi connectivity index (χ1n) is 8.45. The minimum atomic E-state index is -4.85. The number of aliphatic hydroxyl groups excluding tert-OH is 1. The molecule has 6 nitrogen and oxygen atoms in total. The number of carbonyl (C=O) groups excluding carboxylic acids is 2. The van der Waals surface area contributed by atoms with Gasteiger partial charge in [0.1, 0.15) is 0 Å². The quantitative estimate of drug-likeness (QED) is 0.527. The monoisotopic (exact) mass is 367 g/mol. The number of hydrogen-bond donors (Lipinski definition) is 4. The first-order chi connectivity index (χ1) is 11.4. The highest BCUT2D eigenvalue weighted by Crippen LogP contribution is 2.26. The van der Waals surface area contributed by atoms with Crippen molar-refractivity contribution in [3.63, 3.8) is 0 Å². The number of carbonyl (C=O) groups is 2. The van der Waals surface area contributed by atoms with E-state index in [2.05, 4.69) is 10.6 Å². The molecule has 0 bridgehead atoms. The van der Waals surface area contributed by atoms with E-state index in [4.69, 9.17) is 5.73 Å². The van der Waals surface area contributed by atoms with Crippen molar-refractivity contribution in [1.82, 2.24) is 10.6 Å². The van der Waals surface area contributed by atoms with Crippen LogP contribution in [-0.4, -0.2) is 53.7 Å². The highest BCUT2D eigenvalue weighted by molar-refractivity contribution is 5.94. The Bertz CT molecular complexity index is 483. The van der Waals surface area contributed by atoms with E-state index in [1.807, 2.05) is 0 Å². The smallest absolute Gasteiger partial charge is 0.382 e. The van der Waals surface area contributed by atoms with Gasteiger partial charge in [-0.15, -0.1) is 0 Å². The maximum absolute atomic E-state index is 12.8. The summed E-state index contributed by atoms with van der Waals surface area (Å²) in [5, 5.41) is 14.6. The number of alkyl halides is 3. The fraction of sp³-hybridized carbons (Fsp3) is 0.875. The topological polar surface area (TPSA) is 104 Å². The Balaban J connectivity index is 2.88. The van der Waals surface area contributed by atoms with Crippen LogP contribution < -0.4 is 16.4 Å². The minimum absolute atomic E-state index is 0.104. The highest BCUT2D eigenvalue weighted by atomic mass is 19.4. The van der Waals surface area contributed by atoms with E-state index < -0.39 is 48.1 Å². The molecule has 1 fully saturated rings. The molecule has 1 rings (SSSR count). The fourth-order valence-electron chi connectivity index (χ4n) is 2.93. The van der Waals surface area contributed by atoms with Gasteiger partial charge in [0.05, 0.1) is 18.1 Å². The van der Waals surface area contributed by atoms with E-state index in [1.165, 1.54) is 13.8 Å². The van der Waals surface area contributed by atoms with Crippen LogP contribution in [-0.2, 0) is 9.59 Å². The Hall–Kier alpha value is -1.19. The summed E-state index contributed by atoms with van der Waals surface area (Å²) in [4.78, 5) is 24.9. The molecule has 1 saturated heterocycles. The molecule has 0 saturated carbocycles. The predicted molar refractivity (Wildman–Crippen MR) is 86.5 cm³/mol. The summed E-state index contributed by atoms with van der Waals surface area (Å²) in [7, 11) is 0. The second-order valence-electron chi connectivity index (χ2n) is 7.26. The van der Waals surface area contributed by atoms with E-state index in [0.29, 0.717) is 13.0 Å². The fourth-order valence-corrected chi connectivity index (χ4v) is 2.93. The molecule has 25 heavy (non-hydrogen) atoms. The zero-order chi connectivity index (χ0) is 19.5. The molecular formula is C16H28F3N3O3. The maximum Gasteiger partial charge on any atom is 0.416 e. The zero-order valence-corrected chi connectivity index (χ0v) is 14.9. The average molecular weight is 367 g/mol. The number of ketones is 1. The second-order valence-corrected chi connectivity index (χ2v) is 7.26. The van der Waals surface area contributed by atoms with Crippen molar-refractivity contribution in [1.29, 1.82) is 0 Å². The van der Waals surface area contributed by atoms with Crippen LogP contribution in [0.1, 0.15) is 34.1 Å². The van der Waals surface area contributed by atoms with Gasteiger partial charge in [-0.2, -0.15) is 13.2 Å². The molecule has 1 aliphatic rings. The molecule has 0 aromatic rings. The lowest BCUT2D eigenvalue weighted by atomic mass is 9.86. The standard InChI is InChI=1S/C16H28F3N3O3/c1-7(2)10(20)13(23)9-5-6-21-12(9)15(25)22-11(8(3)4)14(24)16(17,18)19/h7-12,14,21,24H,5-6,20H2,1-4H3,(H,22,25)/t9-,10-,11?,12-,14?/m0/s1. The molecule has 9 heteroatoms. The third-order valence-corrected chi connectivity index (χ3v) is 4.62. The van der Waals surface area contributed by atoms with E-state index in [9.17, 15) is 27.9 Å². The summed E-state index contributed by atoms with van der Waals surface area (Å²) in [6.45, 7) is 6.91. The number of amides is 1. The maximum atomic E-state index is 12.8. The first-order valence-corrected chi connectivity index (χ1v) is 8.45. The van der Waals surface area contributed by atoms with Gasteiger partial charge < -0.3 is 21.5 Å². The summed E-state index contributed by atoms with van der Waals surface area (Å²) in [6.07, 6.45) is -7.13. The van der Waals surface area contributed by atoms with Crippen molar-refractivity contribution in [2.45, 2.75) is 64.5 Å². The molecule has 1 amide bonds. The van der Waals surface area contributed by atoms with E-state index in [-0.39, 0.29) is 11.7 Å². The second kappa shape index (κ2) is 8.46. The molecule has 5 N–H and O–H groups in total. The molecule has 146 valence electrons. The number of halogens is 3. The third-order valence-electron chi connectivity index (χ3n) is 4.62. The van der Waals surface area contributed by atoms with Crippen LogP contribution >= 0.6 is 0 Å². The summed E-state index contributed by atoms with van der Waals surface area (Å²) in [5.74, 6) is -2.44. The van der Waals surface area contributed by atoms with Crippen molar-refractivity contribution in [2.75, 3.05) is 6.54 Å². The van der Waals surface area contributed by atoms with Crippen molar-refractivity contribution in [3.8, 4) is 0 Å². The number of aliphatic hydroxyl groups is 1. The van der Waals surface area contributed by atoms with Gasteiger partial charge in [0.15, 0.2) is 11.9 Å². The number of nitrogens with two attached hydrogens (primary N) is 1. The van der Waals surface area contributed by atoms with Gasteiger partial charge in [0, 0.05) is 5.92 Å². The molecule has 0 spiro atoms. The zero-order valence-electron chi connectivity index (χ0n) is 14.9. The SMILES string of the molecule is CC(C)C(NC(=O)[C@H]1NCC[C@@H]1C(=O)[C@@H](N)C(C)C)C(O)C(F)(F)F. The molecule has 1 aliphatic heterocycles. The van der Waals surface area contributed by atoms with E-state index in [1.54, 1.807) is 13.8 Å². The summed E-state index contributed by atoms with van der Waals surface area (Å²) >= 11 is 0. The van der Waals surface area contributed by atoms with Gasteiger partial charge in [-0.05, 0) is 24.8 Å². The Kier molecular flexibility index (Phi) is 7.40.